The van der Waals surface area contributed by atoms with Crippen LogP contribution in [-0.4, -0.2) is 24.3 Å². The van der Waals surface area contributed by atoms with Gasteiger partial charge in [0.15, 0.2) is 12.0 Å². The van der Waals surface area contributed by atoms with E-state index in [1.807, 2.05) is 0 Å². The van der Waals surface area contributed by atoms with E-state index in [9.17, 15) is 9.59 Å². The molecule has 0 aliphatic carbocycles. The fourth-order valence-electron chi connectivity index (χ4n) is 0.764. The maximum absolute atomic E-state index is 11.0. The molecule has 1 aromatic rings. The highest BCUT2D eigenvalue weighted by Gasteiger charge is 2.12. The minimum atomic E-state index is -0.623. The zero-order chi connectivity index (χ0) is 9.84. The van der Waals surface area contributed by atoms with Crippen LogP contribution in [0.1, 0.15) is 20.8 Å². The lowest BCUT2D eigenvalue weighted by Crippen LogP contribution is -2.05. The number of aldehydes is 1. The summed E-state index contributed by atoms with van der Waals surface area (Å²) in [6.07, 6.45) is 1.85. The molecule has 13 heavy (non-hydrogen) atoms. The van der Waals surface area contributed by atoms with Crippen molar-refractivity contribution in [3.05, 3.63) is 28.5 Å². The molecular formula is C8H6ClNO3. The highest BCUT2D eigenvalue weighted by Crippen LogP contribution is 2.14. The van der Waals surface area contributed by atoms with Gasteiger partial charge >= 0.3 is 5.97 Å². The standard InChI is InChI=1S/C8H6ClNO3/c1-13-8(12)7-6(9)2-5(4-11)3-10-7/h2-4H,1H3. The van der Waals surface area contributed by atoms with Crippen LogP contribution in [0.5, 0.6) is 0 Å². The number of halogens is 1. The third-order valence-electron chi connectivity index (χ3n) is 1.38. The van der Waals surface area contributed by atoms with Gasteiger partial charge in [-0.2, -0.15) is 0 Å². The lowest BCUT2D eigenvalue weighted by molar-refractivity contribution is 0.0594. The zero-order valence-corrected chi connectivity index (χ0v) is 7.54. The van der Waals surface area contributed by atoms with E-state index in [1.165, 1.54) is 19.4 Å². The molecule has 0 spiro atoms. The number of aromatic nitrogens is 1. The van der Waals surface area contributed by atoms with Crippen molar-refractivity contribution < 1.29 is 14.3 Å². The lowest BCUT2D eigenvalue weighted by atomic mass is 10.2. The fraction of sp³-hybridized carbons (Fsp3) is 0.125. The Labute approximate surface area is 79.5 Å². The Balaban J connectivity index is 3.12. The van der Waals surface area contributed by atoms with E-state index in [4.69, 9.17) is 11.6 Å². The van der Waals surface area contributed by atoms with Gasteiger partial charge in [0.1, 0.15) is 0 Å². The number of rotatable bonds is 2. The van der Waals surface area contributed by atoms with E-state index >= 15 is 0 Å². The Morgan fingerprint density at radius 1 is 1.69 bits per heavy atom. The summed E-state index contributed by atoms with van der Waals surface area (Å²) >= 11 is 5.66. The molecule has 0 saturated carbocycles. The Kier molecular flexibility index (Phi) is 2.97. The number of pyridine rings is 1. The average molecular weight is 200 g/mol. The second-order valence-corrected chi connectivity index (χ2v) is 2.62. The first-order valence-corrected chi connectivity index (χ1v) is 3.76. The van der Waals surface area contributed by atoms with Gasteiger partial charge in [0.2, 0.25) is 0 Å². The molecule has 1 heterocycles. The van der Waals surface area contributed by atoms with Gasteiger partial charge in [-0.25, -0.2) is 9.78 Å². The van der Waals surface area contributed by atoms with E-state index in [0.29, 0.717) is 11.8 Å². The molecule has 68 valence electrons. The van der Waals surface area contributed by atoms with Gasteiger partial charge in [0.05, 0.1) is 12.1 Å². The van der Waals surface area contributed by atoms with Gasteiger partial charge < -0.3 is 4.74 Å². The number of esters is 1. The molecule has 0 bridgehead atoms. The first kappa shape index (κ1) is 9.67. The number of hydrogen-bond acceptors (Lipinski definition) is 4. The van der Waals surface area contributed by atoms with Crippen molar-refractivity contribution in [3.63, 3.8) is 0 Å². The molecule has 4 nitrogen and oxygen atoms in total. The monoisotopic (exact) mass is 199 g/mol. The van der Waals surface area contributed by atoms with Crippen molar-refractivity contribution in [2.45, 2.75) is 0 Å². The molecule has 0 aliphatic rings. The summed E-state index contributed by atoms with van der Waals surface area (Å²) in [7, 11) is 1.23. The summed E-state index contributed by atoms with van der Waals surface area (Å²) < 4.78 is 4.42. The van der Waals surface area contributed by atoms with E-state index < -0.39 is 5.97 Å². The van der Waals surface area contributed by atoms with Crippen LogP contribution in [0.25, 0.3) is 0 Å². The Hall–Kier alpha value is -1.42. The maximum Gasteiger partial charge on any atom is 0.358 e. The molecule has 1 rings (SSSR count). The van der Waals surface area contributed by atoms with Gasteiger partial charge in [-0.1, -0.05) is 11.6 Å². The van der Waals surface area contributed by atoms with Crippen LogP contribution in [0, 0.1) is 0 Å². The Morgan fingerprint density at radius 3 is 2.85 bits per heavy atom. The first-order valence-electron chi connectivity index (χ1n) is 3.38. The Bertz CT molecular complexity index is 351. The molecule has 0 radical (unpaired) electrons. The number of carbonyl (C=O) groups is 2. The Morgan fingerprint density at radius 2 is 2.38 bits per heavy atom. The van der Waals surface area contributed by atoms with Crippen LogP contribution in [-0.2, 0) is 4.74 Å². The number of ether oxygens (including phenoxy) is 1. The molecule has 0 fully saturated rings. The highest BCUT2D eigenvalue weighted by atomic mass is 35.5. The molecular weight excluding hydrogens is 194 g/mol. The molecule has 0 aromatic carbocycles. The molecule has 5 heteroatoms. The summed E-state index contributed by atoms with van der Waals surface area (Å²) in [6.45, 7) is 0. The minimum Gasteiger partial charge on any atom is -0.464 e. The molecule has 0 aliphatic heterocycles. The highest BCUT2D eigenvalue weighted by molar-refractivity contribution is 6.33. The van der Waals surface area contributed by atoms with Crippen molar-refractivity contribution in [2.75, 3.05) is 7.11 Å². The van der Waals surface area contributed by atoms with E-state index in [-0.39, 0.29) is 10.7 Å². The first-order chi connectivity index (χ1) is 6.19. The third kappa shape index (κ3) is 2.03. The van der Waals surface area contributed by atoms with Crippen LogP contribution in [0.4, 0.5) is 0 Å². The number of nitrogens with zero attached hydrogens (tertiary/aromatic N) is 1. The van der Waals surface area contributed by atoms with Crippen molar-refractivity contribution in [1.29, 1.82) is 0 Å². The van der Waals surface area contributed by atoms with Crippen molar-refractivity contribution in [1.82, 2.24) is 4.98 Å². The van der Waals surface area contributed by atoms with Gasteiger partial charge in [0.25, 0.3) is 0 Å². The predicted octanol–water partition coefficient (Wildman–Crippen LogP) is 1.33. The summed E-state index contributed by atoms with van der Waals surface area (Å²) in [5.41, 5.74) is 0.326. The normalized spacial score (nSPS) is 9.38. The van der Waals surface area contributed by atoms with Gasteiger partial charge in [-0.15, -0.1) is 0 Å². The molecule has 0 amide bonds. The smallest absolute Gasteiger partial charge is 0.358 e. The van der Waals surface area contributed by atoms with Gasteiger partial charge in [0, 0.05) is 11.8 Å². The van der Waals surface area contributed by atoms with Crippen LogP contribution < -0.4 is 0 Å². The number of methoxy groups -OCH3 is 1. The minimum absolute atomic E-state index is 0.00904. The summed E-state index contributed by atoms with van der Waals surface area (Å²) in [5.74, 6) is -0.623. The van der Waals surface area contributed by atoms with Crippen molar-refractivity contribution >= 4 is 23.9 Å². The van der Waals surface area contributed by atoms with E-state index in [1.54, 1.807) is 0 Å². The van der Waals surface area contributed by atoms with Crippen LogP contribution >= 0.6 is 11.6 Å². The number of carbonyl (C=O) groups excluding carboxylic acids is 2. The van der Waals surface area contributed by atoms with Gasteiger partial charge in [-0.05, 0) is 6.07 Å². The fourth-order valence-corrected chi connectivity index (χ4v) is 1.02. The second kappa shape index (κ2) is 4.00. The average Bonchev–Trinajstić information content (AvgIpc) is 2.16. The molecule has 1 aromatic heterocycles. The maximum atomic E-state index is 11.0. The topological polar surface area (TPSA) is 56.3 Å². The summed E-state index contributed by atoms with van der Waals surface area (Å²) in [5, 5.41) is 0.108. The molecule has 0 saturated heterocycles. The molecule has 0 unspecified atom stereocenters. The zero-order valence-electron chi connectivity index (χ0n) is 6.78. The summed E-state index contributed by atoms with van der Waals surface area (Å²) in [4.78, 5) is 25.0. The largest absolute Gasteiger partial charge is 0.464 e. The van der Waals surface area contributed by atoms with Crippen molar-refractivity contribution in [3.8, 4) is 0 Å². The van der Waals surface area contributed by atoms with Crippen LogP contribution in [0.15, 0.2) is 12.3 Å². The SMILES string of the molecule is COC(=O)c1ncc(C=O)cc1Cl. The van der Waals surface area contributed by atoms with Crippen LogP contribution in [0.3, 0.4) is 0 Å². The van der Waals surface area contributed by atoms with Crippen LogP contribution in [0.2, 0.25) is 5.02 Å². The van der Waals surface area contributed by atoms with Gasteiger partial charge in [-0.3, -0.25) is 4.79 Å². The van der Waals surface area contributed by atoms with E-state index in [0.717, 1.165) is 0 Å². The number of hydrogen-bond donors (Lipinski definition) is 0. The molecule has 0 N–H and O–H groups in total. The molecule has 0 atom stereocenters. The lowest BCUT2D eigenvalue weighted by Gasteiger charge is -2.00. The second-order valence-electron chi connectivity index (χ2n) is 2.21. The summed E-state index contributed by atoms with van der Waals surface area (Å²) in [6, 6.07) is 1.35. The quantitative estimate of drug-likeness (QED) is 0.533. The third-order valence-corrected chi connectivity index (χ3v) is 1.67. The predicted molar refractivity (Wildman–Crippen MR) is 46.0 cm³/mol. The van der Waals surface area contributed by atoms with Crippen molar-refractivity contribution in [2.24, 2.45) is 0 Å². The van der Waals surface area contributed by atoms with E-state index in [2.05, 4.69) is 9.72 Å².